The van der Waals surface area contributed by atoms with E-state index in [9.17, 15) is 0 Å². The van der Waals surface area contributed by atoms with E-state index >= 15 is 0 Å². The average molecular weight is 241 g/mol. The van der Waals surface area contributed by atoms with Crippen LogP contribution in [0.3, 0.4) is 0 Å². The molecular weight excluding hydrogens is 237 g/mol. The Kier molecular flexibility index (Phi) is 3.93. The van der Waals surface area contributed by atoms with Crippen molar-refractivity contribution in [2.24, 2.45) is 0 Å². The number of terminal acetylenes is 1. The van der Waals surface area contributed by atoms with Gasteiger partial charge >= 0.3 is 38.9 Å². The molecule has 0 aliphatic carbocycles. The summed E-state index contributed by atoms with van der Waals surface area (Å²) < 4.78 is 4.82. The van der Waals surface area contributed by atoms with Crippen LogP contribution in [-0.4, -0.2) is 0 Å². The summed E-state index contributed by atoms with van der Waals surface area (Å²) in [5.74, 6) is 0. The van der Waals surface area contributed by atoms with Gasteiger partial charge in [0.2, 0.25) is 0 Å². The van der Waals surface area contributed by atoms with E-state index in [0.717, 1.165) is 0 Å². The first kappa shape index (κ1) is 4.50. The second-order valence-corrected chi connectivity index (χ2v) is 4.89. The van der Waals surface area contributed by atoms with Gasteiger partial charge in [-0.25, -0.2) is 0 Å². The van der Waals surface area contributed by atoms with Crippen molar-refractivity contribution in [3.05, 3.63) is 0 Å². The minimum atomic E-state index is -0.585. The normalized spacial score (nSPS) is 3.00. The standard InChI is InChI=1S/C2H.CH3.Hg/c1-2;;/h1H;1H3;. The van der Waals surface area contributed by atoms with E-state index in [1.54, 1.807) is 0 Å². The van der Waals surface area contributed by atoms with Crippen LogP contribution in [0.2, 0.25) is 4.43 Å². The van der Waals surface area contributed by atoms with Crippen LogP contribution in [0.25, 0.3) is 0 Å². The topological polar surface area (TPSA) is 0 Å². The molecule has 0 bridgehead atoms. The Labute approximate surface area is 39.0 Å². The molecule has 0 aromatic rings. The molecule has 0 aromatic carbocycles. The second-order valence-electron chi connectivity index (χ2n) is 0.558. The summed E-state index contributed by atoms with van der Waals surface area (Å²) in [6.07, 6.45) is 4.88. The Bertz CT molecular complexity index is 33.0. The van der Waals surface area contributed by atoms with Gasteiger partial charge in [-0.05, 0) is 0 Å². The summed E-state index contributed by atoms with van der Waals surface area (Å²) in [5, 5.41) is 0. The zero-order chi connectivity index (χ0) is 3.41. The third-order valence-corrected chi connectivity index (χ3v) is 1.79. The van der Waals surface area contributed by atoms with Gasteiger partial charge in [0.1, 0.15) is 0 Å². The molecule has 0 aliphatic rings. The Morgan fingerprint density at radius 1 is 2.00 bits per heavy atom. The molecule has 0 atom stereocenters. The third-order valence-electron chi connectivity index (χ3n) is 0.204. The van der Waals surface area contributed by atoms with Crippen LogP contribution in [0.4, 0.5) is 0 Å². The van der Waals surface area contributed by atoms with Crippen molar-refractivity contribution in [1.29, 1.82) is 0 Å². The molecular formula is C3H4Hg. The van der Waals surface area contributed by atoms with Crippen molar-refractivity contribution in [1.82, 2.24) is 0 Å². The van der Waals surface area contributed by atoms with E-state index in [1.165, 1.54) is 0 Å². The van der Waals surface area contributed by atoms with Crippen molar-refractivity contribution in [3.63, 3.8) is 0 Å². The summed E-state index contributed by atoms with van der Waals surface area (Å²) >= 11 is -0.585. The molecule has 0 radical (unpaired) electrons. The summed E-state index contributed by atoms with van der Waals surface area (Å²) in [6, 6.07) is 0. The first-order chi connectivity index (χ1) is 1.91. The van der Waals surface area contributed by atoms with E-state index in [4.69, 9.17) is 6.42 Å². The Hall–Kier alpha value is 0.495. The van der Waals surface area contributed by atoms with Gasteiger partial charge in [0, 0.05) is 0 Å². The van der Waals surface area contributed by atoms with E-state index in [-0.39, 0.29) is 0 Å². The first-order valence-corrected chi connectivity index (χ1v) is 9.60. The Morgan fingerprint density at radius 3 is 2.25 bits per heavy atom. The molecule has 0 N–H and O–H groups in total. The molecule has 4 heavy (non-hydrogen) atoms. The molecule has 1 heteroatoms. The van der Waals surface area contributed by atoms with Gasteiger partial charge < -0.3 is 0 Å². The first-order valence-electron chi connectivity index (χ1n) is 1.35. The molecule has 0 amide bonds. The molecule has 0 fully saturated rings. The van der Waals surface area contributed by atoms with Crippen LogP contribution in [-0.2, 0) is 24.6 Å². The molecule has 0 rings (SSSR count). The minimum absolute atomic E-state index is 0.585. The van der Waals surface area contributed by atoms with Crippen molar-refractivity contribution in [2.45, 2.75) is 4.43 Å². The van der Waals surface area contributed by atoms with Gasteiger partial charge in [-0.1, -0.05) is 0 Å². The second kappa shape index (κ2) is 3.50. The van der Waals surface area contributed by atoms with Gasteiger partial charge in [0.15, 0.2) is 0 Å². The molecule has 0 nitrogen and oxygen atoms in total. The van der Waals surface area contributed by atoms with Gasteiger partial charge in [0.05, 0.1) is 0 Å². The van der Waals surface area contributed by atoms with Crippen LogP contribution in [0.5, 0.6) is 0 Å². The molecule has 0 aliphatic heterocycles. The molecule has 0 heterocycles. The predicted molar refractivity (Wildman–Crippen MR) is 14.7 cm³/mol. The predicted octanol–water partition coefficient (Wildman–Crippen LogP) is 0.708. The zero-order valence-electron chi connectivity index (χ0n) is 2.78. The van der Waals surface area contributed by atoms with Crippen molar-refractivity contribution < 1.29 is 24.6 Å². The van der Waals surface area contributed by atoms with Gasteiger partial charge in [-0.3, -0.25) is 0 Å². The number of rotatable bonds is 0. The average Bonchev–Trinajstić information content (AvgIpc) is 1.37. The maximum absolute atomic E-state index is 4.88. The quantitative estimate of drug-likeness (QED) is 0.432. The van der Waals surface area contributed by atoms with Gasteiger partial charge in [-0.2, -0.15) is 0 Å². The van der Waals surface area contributed by atoms with Crippen LogP contribution in [0, 0.1) is 9.85 Å². The van der Waals surface area contributed by atoms with Crippen LogP contribution >= 0.6 is 0 Å². The summed E-state index contributed by atoms with van der Waals surface area (Å²) in [5.41, 5.74) is 0. The van der Waals surface area contributed by atoms with Crippen LogP contribution in [0.15, 0.2) is 0 Å². The monoisotopic (exact) mass is 242 g/mol. The van der Waals surface area contributed by atoms with Gasteiger partial charge in [0.25, 0.3) is 0 Å². The van der Waals surface area contributed by atoms with Crippen molar-refractivity contribution in [2.75, 3.05) is 0 Å². The molecule has 0 saturated carbocycles. The van der Waals surface area contributed by atoms with E-state index in [2.05, 4.69) is 7.86 Å². The molecule has 0 spiro atoms. The Balaban J connectivity index is 2.43. The summed E-state index contributed by atoms with van der Waals surface area (Å²) in [7, 11) is 0. The fraction of sp³-hybridized carbons (Fsp3) is 0.333. The fourth-order valence-electron chi connectivity index (χ4n) is 0. The molecule has 0 saturated heterocycles. The number of hydrogen-bond donors (Lipinski definition) is 0. The summed E-state index contributed by atoms with van der Waals surface area (Å²) in [6.45, 7) is 0. The van der Waals surface area contributed by atoms with E-state index in [1.807, 2.05) is 0 Å². The molecule has 0 aromatic heterocycles. The maximum atomic E-state index is 4.88. The van der Waals surface area contributed by atoms with Crippen LogP contribution in [0.1, 0.15) is 0 Å². The number of hydrogen-bond acceptors (Lipinski definition) is 0. The van der Waals surface area contributed by atoms with E-state index < -0.39 is 24.6 Å². The molecule has 0 unspecified atom stereocenters. The van der Waals surface area contributed by atoms with E-state index in [0.29, 0.717) is 0 Å². The third kappa shape index (κ3) is 2.50. The molecule has 18 valence electrons. The van der Waals surface area contributed by atoms with Crippen molar-refractivity contribution in [3.8, 4) is 9.85 Å². The zero-order valence-corrected chi connectivity index (χ0v) is 8.28. The SMILES string of the molecule is C#[C][Hg][CH3]. The fourth-order valence-corrected chi connectivity index (χ4v) is 0. The van der Waals surface area contributed by atoms with Crippen molar-refractivity contribution >= 4 is 0 Å². The van der Waals surface area contributed by atoms with Gasteiger partial charge in [-0.15, -0.1) is 0 Å². The Morgan fingerprint density at radius 2 is 2.25 bits per heavy atom. The van der Waals surface area contributed by atoms with Crippen LogP contribution < -0.4 is 0 Å². The summed E-state index contributed by atoms with van der Waals surface area (Å²) in [4.78, 5) is 0.